The molecule has 2 N–H and O–H groups in total. The Kier molecular flexibility index (Phi) is 7.77. The van der Waals surface area contributed by atoms with Gasteiger partial charge in [0.15, 0.2) is 6.29 Å². The summed E-state index contributed by atoms with van der Waals surface area (Å²) in [6, 6.07) is 0.328. The molecule has 0 aromatic heterocycles. The molecule has 0 aromatic rings. The number of nitrogens with two attached hydrogens (primary N) is 1. The number of rotatable bonds is 8. The Bertz CT molecular complexity index is 210. The average Bonchev–Trinajstić information content (AvgIpc) is 2.41. The maximum absolute atomic E-state index is 5.90. The molecule has 5 heteroatoms. The topological polar surface area (TPSA) is 57.0 Å². The van der Waals surface area contributed by atoms with E-state index in [0.717, 1.165) is 26.1 Å². The Labute approximate surface area is 111 Å². The molecule has 5 nitrogen and oxygen atoms in total. The van der Waals surface area contributed by atoms with Gasteiger partial charge >= 0.3 is 0 Å². The first-order chi connectivity index (χ1) is 8.74. The molecule has 18 heavy (non-hydrogen) atoms. The van der Waals surface area contributed by atoms with Gasteiger partial charge in [-0.15, -0.1) is 0 Å². The van der Waals surface area contributed by atoms with Crippen LogP contribution in [-0.4, -0.2) is 64.8 Å². The van der Waals surface area contributed by atoms with Gasteiger partial charge in [-0.2, -0.15) is 0 Å². The molecule has 0 aromatic carbocycles. The Balaban J connectivity index is 2.47. The van der Waals surface area contributed by atoms with E-state index in [1.165, 1.54) is 12.8 Å². The fourth-order valence-electron chi connectivity index (χ4n) is 2.71. The van der Waals surface area contributed by atoms with Gasteiger partial charge in [0.1, 0.15) is 0 Å². The molecule has 0 radical (unpaired) electrons. The maximum atomic E-state index is 5.90. The van der Waals surface area contributed by atoms with Crippen LogP contribution in [0.25, 0.3) is 0 Å². The van der Waals surface area contributed by atoms with Crippen LogP contribution in [0.4, 0.5) is 0 Å². The molecule has 1 aliphatic rings. The standard InChI is InChI=1S/C13H28N2O3/c1-16-10-11-5-4-6-15(9-11)12(8-14)7-13(17-2)18-3/h11-13H,4-10,14H2,1-3H3. The molecule has 1 heterocycles. The van der Waals surface area contributed by atoms with Crippen LogP contribution in [0.5, 0.6) is 0 Å². The summed E-state index contributed by atoms with van der Waals surface area (Å²) in [5.74, 6) is 0.626. The summed E-state index contributed by atoms with van der Waals surface area (Å²) in [4.78, 5) is 2.46. The molecule has 1 rings (SSSR count). The van der Waals surface area contributed by atoms with Crippen LogP contribution in [0.2, 0.25) is 0 Å². The normalized spacial score (nSPS) is 23.5. The quantitative estimate of drug-likeness (QED) is 0.650. The highest BCUT2D eigenvalue weighted by Crippen LogP contribution is 2.20. The van der Waals surface area contributed by atoms with Crippen molar-refractivity contribution in [2.45, 2.75) is 31.6 Å². The van der Waals surface area contributed by atoms with Crippen LogP contribution >= 0.6 is 0 Å². The zero-order chi connectivity index (χ0) is 13.4. The largest absolute Gasteiger partial charge is 0.384 e. The van der Waals surface area contributed by atoms with Gasteiger partial charge in [-0.3, -0.25) is 4.90 Å². The number of likely N-dealkylation sites (tertiary alicyclic amines) is 1. The second-order valence-electron chi connectivity index (χ2n) is 4.98. The minimum Gasteiger partial charge on any atom is -0.384 e. The van der Waals surface area contributed by atoms with Crippen molar-refractivity contribution in [2.24, 2.45) is 11.7 Å². The molecule has 1 saturated heterocycles. The van der Waals surface area contributed by atoms with Crippen LogP contribution in [0.3, 0.4) is 0 Å². The van der Waals surface area contributed by atoms with Gasteiger partial charge < -0.3 is 19.9 Å². The highest BCUT2D eigenvalue weighted by molar-refractivity contribution is 4.80. The van der Waals surface area contributed by atoms with Crippen LogP contribution in [0, 0.1) is 5.92 Å². The first-order valence-corrected chi connectivity index (χ1v) is 6.73. The van der Waals surface area contributed by atoms with E-state index in [2.05, 4.69) is 4.90 Å². The zero-order valence-corrected chi connectivity index (χ0v) is 11.9. The summed E-state index contributed by atoms with van der Waals surface area (Å²) in [5, 5.41) is 0. The number of hydrogen-bond donors (Lipinski definition) is 1. The Morgan fingerprint density at radius 2 is 2.00 bits per heavy atom. The first kappa shape index (κ1) is 15.9. The van der Waals surface area contributed by atoms with Crippen molar-refractivity contribution in [1.82, 2.24) is 4.90 Å². The van der Waals surface area contributed by atoms with Crippen LogP contribution in [0.15, 0.2) is 0 Å². The monoisotopic (exact) mass is 260 g/mol. The fraction of sp³-hybridized carbons (Fsp3) is 1.00. The molecule has 0 saturated carbocycles. The second-order valence-corrected chi connectivity index (χ2v) is 4.98. The first-order valence-electron chi connectivity index (χ1n) is 6.73. The minimum absolute atomic E-state index is 0.165. The van der Waals surface area contributed by atoms with E-state index in [1.807, 2.05) is 0 Å². The number of nitrogens with zero attached hydrogens (tertiary/aromatic N) is 1. The van der Waals surface area contributed by atoms with Crippen molar-refractivity contribution in [2.75, 3.05) is 47.6 Å². The number of piperidine rings is 1. The zero-order valence-electron chi connectivity index (χ0n) is 11.9. The van der Waals surface area contributed by atoms with E-state index in [-0.39, 0.29) is 6.29 Å². The van der Waals surface area contributed by atoms with Crippen molar-refractivity contribution in [3.8, 4) is 0 Å². The van der Waals surface area contributed by atoms with Crippen molar-refractivity contribution in [3.63, 3.8) is 0 Å². The SMILES string of the molecule is COCC1CCCN(C(CN)CC(OC)OC)C1. The van der Waals surface area contributed by atoms with Gasteiger partial charge in [-0.05, 0) is 25.3 Å². The van der Waals surface area contributed by atoms with Gasteiger partial charge in [0.2, 0.25) is 0 Å². The van der Waals surface area contributed by atoms with Gasteiger partial charge in [-0.25, -0.2) is 0 Å². The third-order valence-electron chi connectivity index (χ3n) is 3.73. The number of ether oxygens (including phenoxy) is 3. The molecule has 1 fully saturated rings. The summed E-state index contributed by atoms with van der Waals surface area (Å²) >= 11 is 0. The van der Waals surface area contributed by atoms with Gasteiger partial charge in [0.05, 0.1) is 6.61 Å². The number of methoxy groups -OCH3 is 3. The molecular weight excluding hydrogens is 232 g/mol. The predicted molar refractivity (Wildman–Crippen MR) is 71.4 cm³/mol. The summed E-state index contributed by atoms with van der Waals surface area (Å²) in [7, 11) is 5.11. The fourth-order valence-corrected chi connectivity index (χ4v) is 2.71. The van der Waals surface area contributed by atoms with Gasteiger partial charge in [-0.1, -0.05) is 0 Å². The highest BCUT2D eigenvalue weighted by Gasteiger charge is 2.27. The minimum atomic E-state index is -0.165. The van der Waals surface area contributed by atoms with Gasteiger partial charge in [0, 0.05) is 46.9 Å². The third-order valence-corrected chi connectivity index (χ3v) is 3.73. The molecule has 0 spiro atoms. The van der Waals surface area contributed by atoms with Crippen molar-refractivity contribution in [1.29, 1.82) is 0 Å². The van der Waals surface area contributed by atoms with E-state index in [1.54, 1.807) is 21.3 Å². The molecule has 0 amide bonds. The molecule has 2 atom stereocenters. The Morgan fingerprint density at radius 3 is 2.56 bits per heavy atom. The molecule has 108 valence electrons. The lowest BCUT2D eigenvalue weighted by molar-refractivity contribution is -0.118. The summed E-state index contributed by atoms with van der Waals surface area (Å²) < 4.78 is 15.8. The summed E-state index contributed by atoms with van der Waals surface area (Å²) in [6.45, 7) is 3.66. The third kappa shape index (κ3) is 4.82. The van der Waals surface area contributed by atoms with Crippen LogP contribution in [0.1, 0.15) is 19.3 Å². The smallest absolute Gasteiger partial charge is 0.158 e. The predicted octanol–water partition coefficient (Wildman–Crippen LogP) is 0.681. The van der Waals surface area contributed by atoms with Gasteiger partial charge in [0.25, 0.3) is 0 Å². The lowest BCUT2D eigenvalue weighted by atomic mass is 9.96. The van der Waals surface area contributed by atoms with Crippen molar-refractivity contribution >= 4 is 0 Å². The van der Waals surface area contributed by atoms with Crippen LogP contribution in [-0.2, 0) is 14.2 Å². The van der Waals surface area contributed by atoms with Crippen molar-refractivity contribution < 1.29 is 14.2 Å². The van der Waals surface area contributed by atoms with E-state index in [4.69, 9.17) is 19.9 Å². The van der Waals surface area contributed by atoms with E-state index < -0.39 is 0 Å². The van der Waals surface area contributed by atoms with E-state index >= 15 is 0 Å². The van der Waals surface area contributed by atoms with E-state index in [0.29, 0.717) is 18.5 Å². The molecular formula is C13H28N2O3. The van der Waals surface area contributed by atoms with Crippen LogP contribution < -0.4 is 5.73 Å². The van der Waals surface area contributed by atoms with Crippen molar-refractivity contribution in [3.05, 3.63) is 0 Å². The molecule has 2 unspecified atom stereocenters. The molecule has 1 aliphatic heterocycles. The Hall–Kier alpha value is -0.200. The number of hydrogen-bond acceptors (Lipinski definition) is 5. The average molecular weight is 260 g/mol. The maximum Gasteiger partial charge on any atom is 0.158 e. The molecule has 0 aliphatic carbocycles. The molecule has 0 bridgehead atoms. The lowest BCUT2D eigenvalue weighted by Crippen LogP contribution is -2.48. The lowest BCUT2D eigenvalue weighted by Gasteiger charge is -2.38. The Morgan fingerprint density at radius 1 is 1.28 bits per heavy atom. The summed E-state index contributed by atoms with van der Waals surface area (Å²) in [6.07, 6.45) is 3.12. The van der Waals surface area contributed by atoms with E-state index in [9.17, 15) is 0 Å². The highest BCUT2D eigenvalue weighted by atomic mass is 16.7. The second kappa shape index (κ2) is 8.82. The summed E-state index contributed by atoms with van der Waals surface area (Å²) in [5.41, 5.74) is 5.90.